The van der Waals surface area contributed by atoms with Gasteiger partial charge < -0.3 is 4.57 Å². The summed E-state index contributed by atoms with van der Waals surface area (Å²) in [5, 5.41) is 7.51. The second-order valence-electron chi connectivity index (χ2n) is 14.4. The summed E-state index contributed by atoms with van der Waals surface area (Å²) in [6.45, 7) is 0. The Morgan fingerprint density at radius 2 is 0.895 bits per heavy atom. The molecule has 0 N–H and O–H groups in total. The first-order valence-corrected chi connectivity index (χ1v) is 20.6. The van der Waals surface area contributed by atoms with Gasteiger partial charge in [0.05, 0.1) is 11.0 Å². The largest absolute Gasteiger partial charge is 0.309 e. The van der Waals surface area contributed by atoms with Gasteiger partial charge in [0, 0.05) is 73.5 Å². The summed E-state index contributed by atoms with van der Waals surface area (Å²) in [6.07, 6.45) is 0. The molecule has 4 aromatic heterocycles. The third kappa shape index (κ3) is 5.22. The van der Waals surface area contributed by atoms with E-state index in [4.69, 9.17) is 15.0 Å². The van der Waals surface area contributed by atoms with Crippen molar-refractivity contribution in [2.75, 3.05) is 0 Å². The molecular formula is C51H30N4S2. The van der Waals surface area contributed by atoms with Crippen molar-refractivity contribution in [1.82, 2.24) is 19.5 Å². The quantitative estimate of drug-likeness (QED) is 0.175. The molecule has 4 nitrogen and oxygen atoms in total. The van der Waals surface area contributed by atoms with Crippen LogP contribution < -0.4 is 0 Å². The monoisotopic (exact) mass is 762 g/mol. The van der Waals surface area contributed by atoms with Crippen LogP contribution in [0.15, 0.2) is 182 Å². The lowest BCUT2D eigenvalue weighted by Crippen LogP contribution is -2.00. The van der Waals surface area contributed by atoms with Crippen LogP contribution in [0.5, 0.6) is 0 Å². The van der Waals surface area contributed by atoms with Crippen molar-refractivity contribution < 1.29 is 0 Å². The van der Waals surface area contributed by atoms with Gasteiger partial charge in [-0.15, -0.1) is 22.7 Å². The molecule has 0 spiro atoms. The van der Waals surface area contributed by atoms with Crippen LogP contribution in [0.4, 0.5) is 0 Å². The van der Waals surface area contributed by atoms with Crippen molar-refractivity contribution in [3.05, 3.63) is 182 Å². The van der Waals surface area contributed by atoms with Gasteiger partial charge in [-0.2, -0.15) is 0 Å². The van der Waals surface area contributed by atoms with Crippen LogP contribution in [-0.4, -0.2) is 19.5 Å². The average Bonchev–Trinajstić information content (AvgIpc) is 3.95. The highest BCUT2D eigenvalue weighted by atomic mass is 32.1. The standard InChI is InChI=1S/C51H30N4S2/c1-3-12-31(13-4-1)49-52-50(32-14-5-2-6-15-32)54-51(53-49)40-18-11-21-45-48(40)39-26-23-34(29-47(39)57-45)33-22-25-38-41-30-35(24-27-44(41)56-46(38)28-33)55-42-19-9-7-16-36(42)37-17-8-10-20-43(37)55/h1-30H. The number of fused-ring (bicyclic) bond motifs is 9. The lowest BCUT2D eigenvalue weighted by molar-refractivity contribution is 1.08. The molecule has 4 heterocycles. The molecule has 8 aromatic carbocycles. The van der Waals surface area contributed by atoms with Crippen molar-refractivity contribution in [1.29, 1.82) is 0 Å². The van der Waals surface area contributed by atoms with Gasteiger partial charge in [-0.05, 0) is 59.7 Å². The van der Waals surface area contributed by atoms with Gasteiger partial charge in [0.1, 0.15) is 0 Å². The van der Waals surface area contributed by atoms with E-state index in [-0.39, 0.29) is 0 Å². The number of thiophene rings is 2. The Balaban J connectivity index is 0.955. The first-order valence-electron chi connectivity index (χ1n) is 19.0. The van der Waals surface area contributed by atoms with Gasteiger partial charge in [0.2, 0.25) is 0 Å². The predicted molar refractivity (Wildman–Crippen MR) is 242 cm³/mol. The number of rotatable bonds is 5. The second-order valence-corrected chi connectivity index (χ2v) is 16.6. The maximum atomic E-state index is 5.08. The third-order valence-electron chi connectivity index (χ3n) is 11.1. The Hall–Kier alpha value is -6.99. The Labute approximate surface area is 335 Å². The van der Waals surface area contributed by atoms with E-state index >= 15 is 0 Å². The van der Waals surface area contributed by atoms with Crippen molar-refractivity contribution >= 4 is 84.8 Å². The molecule has 6 heteroatoms. The van der Waals surface area contributed by atoms with Crippen LogP contribution in [0.25, 0.3) is 113 Å². The Bertz CT molecular complexity index is 3410. The highest BCUT2D eigenvalue weighted by Crippen LogP contribution is 2.43. The van der Waals surface area contributed by atoms with Gasteiger partial charge >= 0.3 is 0 Å². The van der Waals surface area contributed by atoms with Gasteiger partial charge in [-0.25, -0.2) is 15.0 Å². The van der Waals surface area contributed by atoms with Crippen LogP contribution in [0.2, 0.25) is 0 Å². The summed E-state index contributed by atoms with van der Waals surface area (Å²) in [5.74, 6) is 2.00. The van der Waals surface area contributed by atoms with E-state index in [9.17, 15) is 0 Å². The minimum absolute atomic E-state index is 0.665. The lowest BCUT2D eigenvalue weighted by Gasteiger charge is -2.09. The molecule has 0 radical (unpaired) electrons. The van der Waals surface area contributed by atoms with Crippen LogP contribution in [0.1, 0.15) is 0 Å². The maximum absolute atomic E-state index is 5.08. The summed E-state index contributed by atoms with van der Waals surface area (Å²) in [5.41, 5.74) is 9.00. The molecule has 0 bridgehead atoms. The fraction of sp³-hybridized carbons (Fsp3) is 0. The molecule has 12 rings (SSSR count). The molecular weight excluding hydrogens is 733 g/mol. The molecule has 0 amide bonds. The number of benzene rings is 8. The zero-order valence-corrected chi connectivity index (χ0v) is 32.1. The smallest absolute Gasteiger partial charge is 0.164 e. The number of hydrogen-bond donors (Lipinski definition) is 0. The van der Waals surface area contributed by atoms with Gasteiger partial charge in [0.15, 0.2) is 17.5 Å². The first kappa shape index (κ1) is 32.3. The van der Waals surface area contributed by atoms with E-state index in [1.165, 1.54) is 79.0 Å². The summed E-state index contributed by atoms with van der Waals surface area (Å²) >= 11 is 3.68. The summed E-state index contributed by atoms with van der Waals surface area (Å²) in [6, 6.07) is 65.0. The molecule has 0 fully saturated rings. The fourth-order valence-corrected chi connectivity index (χ4v) is 10.7. The fourth-order valence-electron chi connectivity index (χ4n) is 8.41. The van der Waals surface area contributed by atoms with E-state index in [1.807, 2.05) is 59.1 Å². The Kier molecular flexibility index (Phi) is 7.24. The van der Waals surface area contributed by atoms with E-state index in [2.05, 4.69) is 150 Å². The molecule has 0 aliphatic carbocycles. The van der Waals surface area contributed by atoms with Crippen molar-refractivity contribution in [3.8, 4) is 51.0 Å². The van der Waals surface area contributed by atoms with Gasteiger partial charge in [-0.3, -0.25) is 0 Å². The van der Waals surface area contributed by atoms with E-state index in [1.54, 1.807) is 0 Å². The Morgan fingerprint density at radius 1 is 0.333 bits per heavy atom. The molecule has 57 heavy (non-hydrogen) atoms. The van der Waals surface area contributed by atoms with Crippen molar-refractivity contribution in [2.24, 2.45) is 0 Å². The minimum Gasteiger partial charge on any atom is -0.309 e. The molecule has 0 unspecified atom stereocenters. The molecule has 266 valence electrons. The van der Waals surface area contributed by atoms with E-state index in [0.717, 1.165) is 16.7 Å². The summed E-state index contributed by atoms with van der Waals surface area (Å²) in [4.78, 5) is 15.1. The van der Waals surface area contributed by atoms with Crippen LogP contribution in [-0.2, 0) is 0 Å². The SMILES string of the molecule is c1ccc(-c2nc(-c3ccccc3)nc(-c3cccc4sc5cc(-c6ccc7c(c6)sc6ccc(-n8c9ccccc9c9ccccc98)cc67)ccc5c34)n2)cc1. The van der Waals surface area contributed by atoms with Crippen molar-refractivity contribution in [3.63, 3.8) is 0 Å². The maximum Gasteiger partial charge on any atom is 0.164 e. The molecule has 0 saturated carbocycles. The number of aromatic nitrogens is 4. The molecule has 0 aliphatic heterocycles. The van der Waals surface area contributed by atoms with Gasteiger partial charge in [-0.1, -0.05) is 133 Å². The number of para-hydroxylation sites is 2. The molecule has 12 aromatic rings. The van der Waals surface area contributed by atoms with Crippen LogP contribution >= 0.6 is 22.7 Å². The van der Waals surface area contributed by atoms with E-state index in [0.29, 0.717) is 17.5 Å². The number of hydrogen-bond acceptors (Lipinski definition) is 5. The third-order valence-corrected chi connectivity index (χ3v) is 13.3. The summed E-state index contributed by atoms with van der Waals surface area (Å²) in [7, 11) is 0. The molecule has 0 atom stereocenters. The zero-order chi connectivity index (χ0) is 37.5. The first-order chi connectivity index (χ1) is 28.2. The highest BCUT2D eigenvalue weighted by molar-refractivity contribution is 7.26. The van der Waals surface area contributed by atoms with Crippen LogP contribution in [0.3, 0.4) is 0 Å². The second kappa shape index (κ2) is 12.8. The summed E-state index contributed by atoms with van der Waals surface area (Å²) < 4.78 is 7.44. The van der Waals surface area contributed by atoms with Crippen LogP contribution in [0, 0.1) is 0 Å². The number of nitrogens with zero attached hydrogens (tertiary/aromatic N) is 4. The highest BCUT2D eigenvalue weighted by Gasteiger charge is 2.18. The predicted octanol–water partition coefficient (Wildman–Crippen LogP) is 14.4. The van der Waals surface area contributed by atoms with E-state index < -0.39 is 0 Å². The molecule has 0 aliphatic rings. The van der Waals surface area contributed by atoms with Crippen molar-refractivity contribution in [2.45, 2.75) is 0 Å². The molecule has 0 saturated heterocycles. The lowest BCUT2D eigenvalue weighted by atomic mass is 10.0. The normalized spacial score (nSPS) is 11.9. The zero-order valence-electron chi connectivity index (χ0n) is 30.4. The average molecular weight is 763 g/mol. The minimum atomic E-state index is 0.665. The topological polar surface area (TPSA) is 43.6 Å². The Morgan fingerprint density at radius 3 is 1.56 bits per heavy atom. The van der Waals surface area contributed by atoms with Gasteiger partial charge in [0.25, 0.3) is 0 Å².